The maximum atomic E-state index is 4.41. The third kappa shape index (κ3) is 4.29. The summed E-state index contributed by atoms with van der Waals surface area (Å²) in [6, 6.07) is 6.83. The summed E-state index contributed by atoms with van der Waals surface area (Å²) in [4.78, 5) is 6.82. The molecule has 2 rings (SSSR count). The molecule has 1 aromatic heterocycles. The zero-order chi connectivity index (χ0) is 13.7. The van der Waals surface area contributed by atoms with Crippen LogP contribution in [0.15, 0.2) is 24.4 Å². The summed E-state index contributed by atoms with van der Waals surface area (Å²) in [6.07, 6.45) is 5.91. The van der Waals surface area contributed by atoms with Gasteiger partial charge in [0, 0.05) is 25.3 Å². The molecule has 3 unspecified atom stereocenters. The van der Waals surface area contributed by atoms with Crippen LogP contribution in [0, 0.1) is 11.8 Å². The number of hydrogen-bond acceptors (Lipinski definition) is 3. The summed E-state index contributed by atoms with van der Waals surface area (Å²) in [5, 5.41) is 3.50. The maximum Gasteiger partial charge on any atom is 0.0543 e. The minimum Gasteiger partial charge on any atom is -0.317 e. The monoisotopic (exact) mass is 261 g/mol. The van der Waals surface area contributed by atoms with Crippen molar-refractivity contribution in [3.63, 3.8) is 0 Å². The lowest BCUT2D eigenvalue weighted by Crippen LogP contribution is -2.43. The molecule has 3 nitrogen and oxygen atoms in total. The van der Waals surface area contributed by atoms with Crippen LogP contribution in [-0.2, 0) is 6.54 Å². The van der Waals surface area contributed by atoms with E-state index in [2.05, 4.69) is 48.4 Å². The SMILES string of the molecule is CNC1CCC(C)CC1CN(C)Cc1ccccn1. The fourth-order valence-corrected chi connectivity index (χ4v) is 3.31. The van der Waals surface area contributed by atoms with E-state index >= 15 is 0 Å². The smallest absolute Gasteiger partial charge is 0.0543 e. The van der Waals surface area contributed by atoms with Gasteiger partial charge in [-0.15, -0.1) is 0 Å². The second-order valence-electron chi connectivity index (χ2n) is 6.09. The van der Waals surface area contributed by atoms with E-state index in [0.29, 0.717) is 6.04 Å². The average molecular weight is 261 g/mol. The van der Waals surface area contributed by atoms with Crippen LogP contribution in [0.3, 0.4) is 0 Å². The molecule has 1 aromatic rings. The Hall–Kier alpha value is -0.930. The third-order valence-corrected chi connectivity index (χ3v) is 4.32. The maximum absolute atomic E-state index is 4.41. The zero-order valence-electron chi connectivity index (χ0n) is 12.5. The molecule has 3 heteroatoms. The average Bonchev–Trinajstić information content (AvgIpc) is 2.40. The number of nitrogens with one attached hydrogen (secondary N) is 1. The number of pyridine rings is 1. The summed E-state index contributed by atoms with van der Waals surface area (Å²) in [5.74, 6) is 1.64. The van der Waals surface area contributed by atoms with Crippen molar-refractivity contribution < 1.29 is 0 Å². The summed E-state index contributed by atoms with van der Waals surface area (Å²) in [5.41, 5.74) is 1.16. The lowest BCUT2D eigenvalue weighted by Gasteiger charge is -2.37. The Kier molecular flexibility index (Phi) is 5.34. The molecule has 1 heterocycles. The molecule has 106 valence electrons. The zero-order valence-corrected chi connectivity index (χ0v) is 12.5. The molecule has 1 aliphatic carbocycles. The van der Waals surface area contributed by atoms with Gasteiger partial charge in [-0.05, 0) is 57.3 Å². The van der Waals surface area contributed by atoms with E-state index in [-0.39, 0.29) is 0 Å². The van der Waals surface area contributed by atoms with Gasteiger partial charge in [-0.1, -0.05) is 13.0 Å². The van der Waals surface area contributed by atoms with Crippen LogP contribution in [0.5, 0.6) is 0 Å². The van der Waals surface area contributed by atoms with Crippen LogP contribution in [0.25, 0.3) is 0 Å². The van der Waals surface area contributed by atoms with Crippen molar-refractivity contribution in [2.45, 2.75) is 38.8 Å². The fraction of sp³-hybridized carbons (Fsp3) is 0.688. The molecular weight excluding hydrogens is 234 g/mol. The van der Waals surface area contributed by atoms with Gasteiger partial charge in [0.05, 0.1) is 5.69 Å². The molecule has 3 atom stereocenters. The molecule has 1 aliphatic rings. The second-order valence-corrected chi connectivity index (χ2v) is 6.09. The number of nitrogens with zero attached hydrogens (tertiary/aromatic N) is 2. The van der Waals surface area contributed by atoms with Gasteiger partial charge in [0.2, 0.25) is 0 Å². The number of hydrogen-bond donors (Lipinski definition) is 1. The molecular formula is C16H27N3. The molecule has 1 fully saturated rings. The highest BCUT2D eigenvalue weighted by atomic mass is 15.1. The Balaban J connectivity index is 1.88. The first kappa shape index (κ1) is 14.5. The number of rotatable bonds is 5. The second kappa shape index (κ2) is 7.01. The van der Waals surface area contributed by atoms with Crippen LogP contribution >= 0.6 is 0 Å². The quantitative estimate of drug-likeness (QED) is 0.883. The predicted octanol–water partition coefficient (Wildman–Crippen LogP) is 2.54. The number of aromatic nitrogens is 1. The molecule has 0 bridgehead atoms. The molecule has 19 heavy (non-hydrogen) atoms. The van der Waals surface area contributed by atoms with Gasteiger partial charge >= 0.3 is 0 Å². The van der Waals surface area contributed by atoms with E-state index in [1.807, 2.05) is 12.3 Å². The van der Waals surface area contributed by atoms with Crippen LogP contribution in [-0.4, -0.2) is 36.6 Å². The minimum absolute atomic E-state index is 0.683. The van der Waals surface area contributed by atoms with Crippen molar-refractivity contribution in [3.05, 3.63) is 30.1 Å². The first-order chi connectivity index (χ1) is 9.19. The molecule has 0 radical (unpaired) electrons. The van der Waals surface area contributed by atoms with Crippen molar-refractivity contribution >= 4 is 0 Å². The largest absolute Gasteiger partial charge is 0.317 e. The molecule has 0 saturated heterocycles. The molecule has 0 aliphatic heterocycles. The van der Waals surface area contributed by atoms with Crippen molar-refractivity contribution in [3.8, 4) is 0 Å². The van der Waals surface area contributed by atoms with Crippen LogP contribution < -0.4 is 5.32 Å². The van der Waals surface area contributed by atoms with E-state index in [1.165, 1.54) is 19.3 Å². The van der Waals surface area contributed by atoms with Crippen LogP contribution in [0.2, 0.25) is 0 Å². The van der Waals surface area contributed by atoms with E-state index < -0.39 is 0 Å². The highest BCUT2D eigenvalue weighted by molar-refractivity contribution is 5.03. The van der Waals surface area contributed by atoms with Crippen molar-refractivity contribution in [1.29, 1.82) is 0 Å². The van der Waals surface area contributed by atoms with Crippen LogP contribution in [0.1, 0.15) is 31.9 Å². The van der Waals surface area contributed by atoms with Gasteiger partial charge in [-0.2, -0.15) is 0 Å². The summed E-state index contributed by atoms with van der Waals surface area (Å²) < 4.78 is 0. The van der Waals surface area contributed by atoms with Crippen molar-refractivity contribution in [1.82, 2.24) is 15.2 Å². The van der Waals surface area contributed by atoms with Gasteiger partial charge in [0.15, 0.2) is 0 Å². The minimum atomic E-state index is 0.683. The van der Waals surface area contributed by atoms with E-state index in [0.717, 1.165) is 30.6 Å². The standard InChI is InChI=1S/C16H27N3/c1-13-7-8-16(17-2)14(10-13)11-19(3)12-15-6-4-5-9-18-15/h4-6,9,13-14,16-17H,7-8,10-12H2,1-3H3. The predicted molar refractivity (Wildman–Crippen MR) is 79.9 cm³/mol. The Bertz CT molecular complexity index is 366. The topological polar surface area (TPSA) is 28.2 Å². The highest BCUT2D eigenvalue weighted by Crippen LogP contribution is 2.29. The van der Waals surface area contributed by atoms with Gasteiger partial charge in [-0.3, -0.25) is 4.98 Å². The van der Waals surface area contributed by atoms with Crippen LogP contribution in [0.4, 0.5) is 0 Å². The summed E-state index contributed by atoms with van der Waals surface area (Å²) in [7, 11) is 4.31. The first-order valence-electron chi connectivity index (χ1n) is 7.44. The Labute approximate surface area is 117 Å². The van der Waals surface area contributed by atoms with Gasteiger partial charge in [0.25, 0.3) is 0 Å². The highest BCUT2D eigenvalue weighted by Gasteiger charge is 2.28. The Morgan fingerprint density at radius 1 is 1.37 bits per heavy atom. The van der Waals surface area contributed by atoms with E-state index in [4.69, 9.17) is 0 Å². The van der Waals surface area contributed by atoms with Crippen molar-refractivity contribution in [2.75, 3.05) is 20.6 Å². The molecule has 0 amide bonds. The molecule has 0 aromatic carbocycles. The molecule has 1 saturated carbocycles. The van der Waals surface area contributed by atoms with E-state index in [9.17, 15) is 0 Å². The fourth-order valence-electron chi connectivity index (χ4n) is 3.31. The van der Waals surface area contributed by atoms with Gasteiger partial charge < -0.3 is 10.2 Å². The first-order valence-corrected chi connectivity index (χ1v) is 7.44. The lowest BCUT2D eigenvalue weighted by atomic mass is 9.78. The summed E-state index contributed by atoms with van der Waals surface area (Å²) >= 11 is 0. The normalized spacial score (nSPS) is 27.7. The van der Waals surface area contributed by atoms with Gasteiger partial charge in [0.1, 0.15) is 0 Å². The lowest BCUT2D eigenvalue weighted by molar-refractivity contribution is 0.161. The van der Waals surface area contributed by atoms with Crippen molar-refractivity contribution in [2.24, 2.45) is 11.8 Å². The van der Waals surface area contributed by atoms with Gasteiger partial charge in [-0.25, -0.2) is 0 Å². The Morgan fingerprint density at radius 2 is 2.21 bits per heavy atom. The third-order valence-electron chi connectivity index (χ3n) is 4.32. The summed E-state index contributed by atoms with van der Waals surface area (Å²) in [6.45, 7) is 4.49. The molecule has 0 spiro atoms. The Morgan fingerprint density at radius 3 is 2.89 bits per heavy atom. The molecule has 1 N–H and O–H groups in total. The van der Waals surface area contributed by atoms with E-state index in [1.54, 1.807) is 0 Å².